The van der Waals surface area contributed by atoms with E-state index in [0.29, 0.717) is 0 Å². The number of hydrogen-bond acceptors (Lipinski definition) is 2. The Kier molecular flexibility index (Phi) is 4.20. The Morgan fingerprint density at radius 1 is 1.14 bits per heavy atom. The van der Waals surface area contributed by atoms with Crippen LogP contribution in [0.25, 0.3) is 6.08 Å². The molecule has 0 unspecified atom stereocenters. The fourth-order valence-electron chi connectivity index (χ4n) is 1.16. The van der Waals surface area contributed by atoms with Crippen LogP contribution in [0.15, 0.2) is 30.3 Å². The maximum absolute atomic E-state index is 3.28. The van der Waals surface area contributed by atoms with Gasteiger partial charge in [-0.15, -0.1) is 0 Å². The molecule has 0 bridgehead atoms. The van der Waals surface area contributed by atoms with E-state index in [4.69, 9.17) is 0 Å². The largest absolute Gasteiger partial charge is 0.381 e. The predicted octanol–water partition coefficient (Wildman–Crippen LogP) is 2.30. The lowest BCUT2D eigenvalue weighted by atomic mass is 10.1. The van der Waals surface area contributed by atoms with Gasteiger partial charge in [0.2, 0.25) is 0 Å². The van der Waals surface area contributed by atoms with E-state index in [9.17, 15) is 0 Å². The highest BCUT2D eigenvalue weighted by Crippen LogP contribution is 2.18. The van der Waals surface area contributed by atoms with Crippen molar-refractivity contribution in [1.82, 2.24) is 4.90 Å². The first kappa shape index (κ1) is 10.8. The van der Waals surface area contributed by atoms with Crippen molar-refractivity contribution in [1.29, 1.82) is 0 Å². The van der Waals surface area contributed by atoms with Gasteiger partial charge in [-0.2, -0.15) is 0 Å². The molecule has 0 amide bonds. The van der Waals surface area contributed by atoms with Gasteiger partial charge in [-0.3, -0.25) is 0 Å². The summed E-state index contributed by atoms with van der Waals surface area (Å²) < 4.78 is 0. The second-order valence-corrected chi connectivity index (χ2v) is 3.71. The van der Waals surface area contributed by atoms with Gasteiger partial charge in [0.15, 0.2) is 0 Å². The first-order valence-electron chi connectivity index (χ1n) is 4.80. The molecule has 0 saturated carbocycles. The first-order chi connectivity index (χ1) is 6.70. The summed E-state index contributed by atoms with van der Waals surface area (Å²) in [6.45, 7) is 0.955. The number of nitrogens with zero attached hydrogens (tertiary/aromatic N) is 1. The van der Waals surface area contributed by atoms with Gasteiger partial charge in [-0.1, -0.05) is 30.4 Å². The molecule has 0 atom stereocenters. The zero-order chi connectivity index (χ0) is 10.4. The molecule has 14 heavy (non-hydrogen) atoms. The molecule has 0 aliphatic carbocycles. The molecule has 0 aromatic heterocycles. The van der Waals surface area contributed by atoms with Gasteiger partial charge in [0.05, 0.1) is 0 Å². The van der Waals surface area contributed by atoms with Crippen LogP contribution in [0.1, 0.15) is 5.56 Å². The van der Waals surface area contributed by atoms with Crippen LogP contribution in [-0.2, 0) is 0 Å². The van der Waals surface area contributed by atoms with Crippen molar-refractivity contribution in [3.63, 3.8) is 0 Å². The number of para-hydroxylation sites is 1. The average Bonchev–Trinajstić information content (AvgIpc) is 2.17. The zero-order valence-corrected chi connectivity index (χ0v) is 9.12. The molecule has 0 radical (unpaired) electrons. The summed E-state index contributed by atoms with van der Waals surface area (Å²) in [5, 5.41) is 3.28. The van der Waals surface area contributed by atoms with Crippen molar-refractivity contribution >= 4 is 11.8 Å². The molecular weight excluding hydrogens is 172 g/mol. The van der Waals surface area contributed by atoms with Crippen molar-refractivity contribution < 1.29 is 0 Å². The van der Waals surface area contributed by atoms with E-state index in [1.165, 1.54) is 11.3 Å². The summed E-state index contributed by atoms with van der Waals surface area (Å²) in [6, 6.07) is 8.30. The Morgan fingerprint density at radius 2 is 1.79 bits per heavy atom. The van der Waals surface area contributed by atoms with Crippen molar-refractivity contribution in [3.8, 4) is 0 Å². The third-order valence-corrected chi connectivity index (χ3v) is 1.67. The van der Waals surface area contributed by atoms with Gasteiger partial charge in [0, 0.05) is 12.2 Å². The van der Waals surface area contributed by atoms with Gasteiger partial charge in [0.25, 0.3) is 0 Å². The van der Waals surface area contributed by atoms with E-state index >= 15 is 0 Å². The van der Waals surface area contributed by atoms with E-state index in [-0.39, 0.29) is 0 Å². The highest BCUT2D eigenvalue weighted by molar-refractivity contribution is 5.69. The summed E-state index contributed by atoms with van der Waals surface area (Å²) in [5.41, 5.74) is 2.53. The van der Waals surface area contributed by atoms with Gasteiger partial charge >= 0.3 is 0 Å². The molecule has 2 heteroatoms. The number of rotatable bonds is 0. The van der Waals surface area contributed by atoms with Crippen molar-refractivity contribution in [2.75, 3.05) is 33.0 Å². The summed E-state index contributed by atoms with van der Waals surface area (Å²) >= 11 is 0. The SMILES string of the molecule is C1=Cc2ccccc2NC1.CN(C)C. The second-order valence-electron chi connectivity index (χ2n) is 3.71. The molecule has 0 spiro atoms. The first-order valence-corrected chi connectivity index (χ1v) is 4.80. The van der Waals surface area contributed by atoms with Crippen LogP contribution in [0.2, 0.25) is 0 Å². The minimum Gasteiger partial charge on any atom is -0.381 e. The van der Waals surface area contributed by atoms with Crippen LogP contribution in [0, 0.1) is 0 Å². The van der Waals surface area contributed by atoms with E-state index < -0.39 is 0 Å². The van der Waals surface area contributed by atoms with Gasteiger partial charge in [-0.05, 0) is 32.8 Å². The molecule has 1 aromatic rings. The molecule has 1 aliphatic heterocycles. The average molecular weight is 190 g/mol. The monoisotopic (exact) mass is 190 g/mol. The molecule has 0 saturated heterocycles. The second kappa shape index (κ2) is 5.45. The van der Waals surface area contributed by atoms with Crippen LogP contribution in [0.3, 0.4) is 0 Å². The van der Waals surface area contributed by atoms with Crippen LogP contribution in [0.4, 0.5) is 5.69 Å². The van der Waals surface area contributed by atoms with Gasteiger partial charge in [-0.25, -0.2) is 0 Å². The summed E-state index contributed by atoms with van der Waals surface area (Å²) in [5.74, 6) is 0. The van der Waals surface area contributed by atoms with E-state index in [2.05, 4.69) is 35.7 Å². The lowest BCUT2D eigenvalue weighted by Crippen LogP contribution is -2.03. The molecule has 76 valence electrons. The van der Waals surface area contributed by atoms with Crippen molar-refractivity contribution in [2.24, 2.45) is 0 Å². The van der Waals surface area contributed by atoms with Crippen LogP contribution >= 0.6 is 0 Å². The van der Waals surface area contributed by atoms with E-state index in [1.54, 1.807) is 0 Å². The van der Waals surface area contributed by atoms with Gasteiger partial charge in [0.1, 0.15) is 0 Å². The molecule has 1 aromatic carbocycles. The van der Waals surface area contributed by atoms with Crippen LogP contribution in [0.5, 0.6) is 0 Å². The number of hydrogen-bond donors (Lipinski definition) is 1. The van der Waals surface area contributed by atoms with E-state index in [1.807, 2.05) is 32.1 Å². The molecule has 1 heterocycles. The summed E-state index contributed by atoms with van der Waals surface area (Å²) in [4.78, 5) is 2.00. The Morgan fingerprint density at radius 3 is 2.43 bits per heavy atom. The lowest BCUT2D eigenvalue weighted by Gasteiger charge is -2.11. The number of anilines is 1. The predicted molar refractivity (Wildman–Crippen MR) is 63.6 cm³/mol. The Hall–Kier alpha value is -1.28. The summed E-state index contributed by atoms with van der Waals surface area (Å²) in [7, 11) is 6.00. The minimum atomic E-state index is 0.955. The summed E-state index contributed by atoms with van der Waals surface area (Å²) in [6.07, 6.45) is 4.27. The highest BCUT2D eigenvalue weighted by Gasteiger charge is 1.98. The third-order valence-electron chi connectivity index (χ3n) is 1.67. The normalized spacial score (nSPS) is 12.6. The van der Waals surface area contributed by atoms with Crippen molar-refractivity contribution in [3.05, 3.63) is 35.9 Å². The third kappa shape index (κ3) is 3.62. The maximum Gasteiger partial charge on any atom is 0.0416 e. The standard InChI is InChI=1S/C9H9N.C3H9N/c1-2-6-9-8(4-1)5-3-7-10-9;1-4(2)3/h1-6,10H,7H2;1-3H3. The molecule has 1 aliphatic rings. The van der Waals surface area contributed by atoms with Gasteiger partial charge < -0.3 is 10.2 Å². The number of nitrogens with one attached hydrogen (secondary N) is 1. The number of benzene rings is 1. The van der Waals surface area contributed by atoms with Crippen LogP contribution in [-0.4, -0.2) is 32.6 Å². The lowest BCUT2D eigenvalue weighted by molar-refractivity contribution is 0.505. The highest BCUT2D eigenvalue weighted by atomic mass is 15.0. The smallest absolute Gasteiger partial charge is 0.0416 e. The Bertz CT molecular complexity index is 300. The quantitative estimate of drug-likeness (QED) is 0.675. The molecule has 2 nitrogen and oxygen atoms in total. The fraction of sp³-hybridized carbons (Fsp3) is 0.333. The minimum absolute atomic E-state index is 0.955. The topological polar surface area (TPSA) is 15.3 Å². The van der Waals surface area contributed by atoms with Crippen LogP contribution < -0.4 is 5.32 Å². The fourth-order valence-corrected chi connectivity index (χ4v) is 1.16. The Labute approximate surface area is 86.2 Å². The zero-order valence-electron chi connectivity index (χ0n) is 9.12. The van der Waals surface area contributed by atoms with E-state index in [0.717, 1.165) is 6.54 Å². The number of fused-ring (bicyclic) bond motifs is 1. The Balaban J connectivity index is 0.000000213. The van der Waals surface area contributed by atoms with Crippen molar-refractivity contribution in [2.45, 2.75) is 0 Å². The molecular formula is C12H18N2. The molecule has 0 fully saturated rings. The molecule has 1 N–H and O–H groups in total. The molecule has 2 rings (SSSR count). The maximum atomic E-state index is 3.28.